The second kappa shape index (κ2) is 19.8. The van der Waals surface area contributed by atoms with Crippen LogP contribution in [0.1, 0.15) is 54.4 Å². The van der Waals surface area contributed by atoms with Crippen LogP contribution in [0.5, 0.6) is 0 Å². The summed E-state index contributed by atoms with van der Waals surface area (Å²) >= 11 is 2.03. The first-order chi connectivity index (χ1) is 9.40. The molecule has 2 aliphatic carbocycles. The summed E-state index contributed by atoms with van der Waals surface area (Å²) in [4.78, 5) is 0. The normalized spacial score (nSPS) is 13.8. The molecular weight excluding hydrogens is 387 g/mol. The predicted octanol–water partition coefficient (Wildman–Crippen LogP) is 6.27. The molecule has 0 radical (unpaired) electrons. The van der Waals surface area contributed by atoms with Crippen molar-refractivity contribution < 1.29 is 19.2 Å². The van der Waals surface area contributed by atoms with Gasteiger partial charge in [-0.1, -0.05) is 53.4 Å². The zero-order valence-corrected chi connectivity index (χ0v) is 21.4. The molecular formula is C20H36Cl2SiTi-4. The summed E-state index contributed by atoms with van der Waals surface area (Å²) < 4.78 is 0. The Kier molecular flexibility index (Phi) is 29.3. The molecule has 0 heterocycles. The van der Waals surface area contributed by atoms with E-state index < -0.39 is 0 Å². The fraction of sp³-hybridized carbons (Fsp3) is 0.500. The summed E-state index contributed by atoms with van der Waals surface area (Å²) in [6, 6.07) is 0. The number of allylic oxidation sites excluding steroid dienone is 8. The van der Waals surface area contributed by atoms with Gasteiger partial charge < -0.3 is 14.9 Å². The molecule has 24 heavy (non-hydrogen) atoms. The van der Waals surface area contributed by atoms with Crippen LogP contribution in [-0.4, -0.2) is 7.63 Å². The summed E-state index contributed by atoms with van der Waals surface area (Å²) in [5.74, 6) is 1.31. The van der Waals surface area contributed by atoms with Gasteiger partial charge in [-0.2, -0.15) is 11.1 Å². The van der Waals surface area contributed by atoms with Crippen molar-refractivity contribution in [1.29, 1.82) is 0 Å². The predicted molar refractivity (Wildman–Crippen MR) is 116 cm³/mol. The van der Waals surface area contributed by atoms with Gasteiger partial charge in [-0.25, -0.2) is 23.3 Å². The average Bonchev–Trinajstić information content (AvgIpc) is 3.01. The first-order valence-electron chi connectivity index (χ1n) is 7.31. The molecule has 0 atom stereocenters. The number of rotatable bonds is 2. The van der Waals surface area contributed by atoms with Crippen molar-refractivity contribution in [2.45, 2.75) is 54.4 Å². The summed E-state index contributed by atoms with van der Waals surface area (Å²) in [6.45, 7) is 13.1. The molecule has 0 N–H and O–H groups in total. The van der Waals surface area contributed by atoms with E-state index in [1.165, 1.54) is 22.3 Å². The Morgan fingerprint density at radius 1 is 0.792 bits per heavy atom. The molecule has 0 aliphatic heterocycles. The van der Waals surface area contributed by atoms with Gasteiger partial charge in [0, 0.05) is 0 Å². The van der Waals surface area contributed by atoms with Crippen molar-refractivity contribution in [3.05, 3.63) is 61.4 Å². The van der Waals surface area contributed by atoms with Gasteiger partial charge in [0.25, 0.3) is 0 Å². The van der Waals surface area contributed by atoms with E-state index in [0.29, 0.717) is 11.8 Å². The summed E-state index contributed by atoms with van der Waals surface area (Å²) in [5.41, 5.74) is 5.65. The van der Waals surface area contributed by atoms with Crippen molar-refractivity contribution in [2.75, 3.05) is 0 Å². The Morgan fingerprint density at radius 3 is 1.12 bits per heavy atom. The second-order valence-electron chi connectivity index (χ2n) is 5.91. The van der Waals surface area contributed by atoms with Crippen molar-refractivity contribution in [1.82, 2.24) is 0 Å². The fourth-order valence-electron chi connectivity index (χ4n) is 1.96. The number of hydrogen-bond acceptors (Lipinski definition) is 0. The SMILES string of the molecule is CC1=CC(C(C)C)=[C-]C1.CC1=CC(C(C)C)=[C-]C1.Cl.Cl.[CH3-].[CH3-].[SiH2]=[Ti]. The van der Waals surface area contributed by atoms with Gasteiger partial charge in [-0.3, -0.25) is 12.2 Å². The number of hydrogen-bond donors (Lipinski definition) is 0. The van der Waals surface area contributed by atoms with Crippen LogP contribution in [0.25, 0.3) is 0 Å². The molecule has 142 valence electrons. The van der Waals surface area contributed by atoms with E-state index in [4.69, 9.17) is 0 Å². The third-order valence-electron chi connectivity index (χ3n) is 3.19. The van der Waals surface area contributed by atoms with Gasteiger partial charge in [-0.15, -0.1) is 37.7 Å². The van der Waals surface area contributed by atoms with Gasteiger partial charge in [0.1, 0.15) is 0 Å². The molecule has 2 rings (SSSR count). The first kappa shape index (κ1) is 35.6. The van der Waals surface area contributed by atoms with Crippen LogP contribution < -0.4 is 0 Å². The molecule has 0 fully saturated rings. The Hall–Kier alpha value is 0.471. The van der Waals surface area contributed by atoms with Gasteiger partial charge in [0.15, 0.2) is 0 Å². The molecule has 0 bridgehead atoms. The van der Waals surface area contributed by atoms with Gasteiger partial charge in [0.2, 0.25) is 0 Å². The zero-order chi connectivity index (χ0) is 15.7. The zero-order valence-electron chi connectivity index (χ0n) is 16.7. The molecule has 4 heteroatoms. The Balaban J connectivity index is -0.0000000789. The summed E-state index contributed by atoms with van der Waals surface area (Å²) in [6.07, 6.45) is 13.2. The maximum absolute atomic E-state index is 3.33. The van der Waals surface area contributed by atoms with E-state index >= 15 is 0 Å². The van der Waals surface area contributed by atoms with Crippen molar-refractivity contribution >= 4 is 32.4 Å². The van der Waals surface area contributed by atoms with Crippen LogP contribution in [0.2, 0.25) is 0 Å². The quantitative estimate of drug-likeness (QED) is 0.363. The second-order valence-corrected chi connectivity index (χ2v) is 5.91. The molecule has 2 aliphatic rings. The molecule has 0 nitrogen and oxygen atoms in total. The van der Waals surface area contributed by atoms with Crippen molar-refractivity contribution in [2.24, 2.45) is 11.8 Å². The standard InChI is InChI=1S/2C9H13.2CH3.2ClH.H2Si.Ti/c2*1-7(2)9-5-4-8(3)6-9;;;;;;/h2*6-7H,4H2,1-3H3;2*1H3;2*1H;1H2;/q4*-1;;;;. The Bertz CT molecular complexity index is 393. The van der Waals surface area contributed by atoms with E-state index in [9.17, 15) is 0 Å². The molecule has 0 aromatic carbocycles. The van der Waals surface area contributed by atoms with Crippen molar-refractivity contribution in [3.8, 4) is 0 Å². The average molecular weight is 423 g/mol. The van der Waals surface area contributed by atoms with Gasteiger partial charge >= 0.3 is 26.8 Å². The third-order valence-corrected chi connectivity index (χ3v) is 3.19. The van der Waals surface area contributed by atoms with Gasteiger partial charge in [0.05, 0.1) is 0 Å². The minimum absolute atomic E-state index is 0. The van der Waals surface area contributed by atoms with Crippen LogP contribution in [0.3, 0.4) is 0 Å². The molecule has 0 aromatic rings. The van der Waals surface area contributed by atoms with E-state index in [1.807, 2.05) is 26.8 Å². The molecule has 0 unspecified atom stereocenters. The van der Waals surface area contributed by atoms with E-state index in [1.54, 1.807) is 0 Å². The fourth-order valence-corrected chi connectivity index (χ4v) is 1.96. The minimum atomic E-state index is 0. The molecule has 0 spiro atoms. The molecule has 0 amide bonds. The molecule has 0 saturated heterocycles. The van der Waals surface area contributed by atoms with Crippen LogP contribution in [-0.2, 0) is 19.2 Å². The Morgan fingerprint density at radius 2 is 1.04 bits per heavy atom. The van der Waals surface area contributed by atoms with E-state index in [0.717, 1.165) is 12.8 Å². The van der Waals surface area contributed by atoms with Crippen LogP contribution in [0.4, 0.5) is 0 Å². The topological polar surface area (TPSA) is 0 Å². The van der Waals surface area contributed by atoms with Crippen LogP contribution in [0.15, 0.2) is 34.4 Å². The van der Waals surface area contributed by atoms with Gasteiger partial charge in [-0.05, 0) is 0 Å². The molecule has 0 aromatic heterocycles. The first-order valence-corrected chi connectivity index (χ1v) is 11.3. The van der Waals surface area contributed by atoms with Crippen LogP contribution >= 0.6 is 24.8 Å². The monoisotopic (exact) mass is 422 g/mol. The molecule has 0 saturated carbocycles. The third kappa shape index (κ3) is 14.8. The van der Waals surface area contributed by atoms with Crippen molar-refractivity contribution in [3.63, 3.8) is 0 Å². The maximum atomic E-state index is 3.33. The Labute approximate surface area is 178 Å². The summed E-state index contributed by atoms with van der Waals surface area (Å²) in [7, 11) is 1.86. The van der Waals surface area contributed by atoms with E-state index in [2.05, 4.69) is 65.8 Å². The number of halogens is 2. The summed E-state index contributed by atoms with van der Waals surface area (Å²) in [5, 5.41) is 0. The van der Waals surface area contributed by atoms with Crippen LogP contribution in [0, 0.1) is 38.8 Å². The van der Waals surface area contributed by atoms with E-state index in [-0.39, 0.29) is 39.7 Å².